The molecule has 0 radical (unpaired) electrons. The van der Waals surface area contributed by atoms with Crippen molar-refractivity contribution in [1.29, 1.82) is 5.41 Å². The molecule has 1 fully saturated rings. The van der Waals surface area contributed by atoms with Crippen molar-refractivity contribution in [2.75, 3.05) is 42.3 Å². The minimum Gasteiger partial charge on any atom is -0.507 e. The molecule has 1 saturated heterocycles. The van der Waals surface area contributed by atoms with Crippen LogP contribution in [0.15, 0.2) is 48.5 Å². The molecule has 0 amide bonds. The van der Waals surface area contributed by atoms with Gasteiger partial charge in [0.05, 0.1) is 18.9 Å². The van der Waals surface area contributed by atoms with Gasteiger partial charge in [0.25, 0.3) is 0 Å². The molecule has 8 heteroatoms. The van der Waals surface area contributed by atoms with E-state index in [2.05, 4.69) is 20.2 Å². The van der Waals surface area contributed by atoms with Crippen LogP contribution in [0.1, 0.15) is 5.56 Å². The van der Waals surface area contributed by atoms with Crippen LogP contribution in [-0.4, -0.2) is 47.6 Å². The number of nitrogens with two attached hydrogens (primary N) is 1. The first-order valence-electron chi connectivity index (χ1n) is 9.31. The summed E-state index contributed by atoms with van der Waals surface area (Å²) in [7, 11) is 0. The van der Waals surface area contributed by atoms with Crippen molar-refractivity contribution >= 4 is 29.4 Å². The number of aromatic hydroxyl groups is 1. The van der Waals surface area contributed by atoms with Crippen molar-refractivity contribution in [3.8, 4) is 17.0 Å². The van der Waals surface area contributed by atoms with Crippen LogP contribution >= 0.6 is 0 Å². The summed E-state index contributed by atoms with van der Waals surface area (Å²) in [6.07, 6.45) is 1.22. The summed E-state index contributed by atoms with van der Waals surface area (Å²) in [6.45, 7) is 2.63. The number of morpholine rings is 1. The lowest BCUT2D eigenvalue weighted by atomic mass is 10.1. The quantitative estimate of drug-likeness (QED) is 0.390. The number of benzene rings is 2. The van der Waals surface area contributed by atoms with Gasteiger partial charge in [0, 0.05) is 47.9 Å². The fraction of sp³-hybridized carbons (Fsp3) is 0.190. The number of nitrogens with zero attached hydrogens (tertiary/aromatic N) is 3. The summed E-state index contributed by atoms with van der Waals surface area (Å²) < 4.78 is 5.43. The van der Waals surface area contributed by atoms with E-state index in [1.165, 1.54) is 6.21 Å². The number of nitrogen functional groups attached to an aromatic ring is 1. The predicted molar refractivity (Wildman–Crippen MR) is 114 cm³/mol. The third kappa shape index (κ3) is 4.12. The van der Waals surface area contributed by atoms with Gasteiger partial charge in [0.15, 0.2) is 0 Å². The Morgan fingerprint density at radius 2 is 1.90 bits per heavy atom. The molecule has 2 heterocycles. The third-order valence-electron chi connectivity index (χ3n) is 4.70. The van der Waals surface area contributed by atoms with Gasteiger partial charge in [-0.25, -0.2) is 4.98 Å². The Balaban J connectivity index is 1.75. The number of anilines is 4. The third-order valence-corrected chi connectivity index (χ3v) is 4.70. The van der Waals surface area contributed by atoms with Gasteiger partial charge in [-0.15, -0.1) is 0 Å². The zero-order valence-corrected chi connectivity index (χ0v) is 15.8. The summed E-state index contributed by atoms with van der Waals surface area (Å²) in [6, 6.07) is 14.2. The molecule has 4 rings (SSSR count). The van der Waals surface area contributed by atoms with E-state index >= 15 is 0 Å². The minimum absolute atomic E-state index is 0.156. The van der Waals surface area contributed by atoms with Gasteiger partial charge >= 0.3 is 0 Å². The standard InChI is InChI=1S/C21H22N6O2/c22-13-14-11-15(5-6-17(14)23)24-20-12-18(16-3-1-2-4-19(16)28)25-21(26-20)27-7-9-29-10-8-27/h1-6,11-13,22,28H,7-10,23H2,(H,24,25,26). The first kappa shape index (κ1) is 18.7. The van der Waals surface area contributed by atoms with Crippen molar-refractivity contribution in [2.45, 2.75) is 0 Å². The Hall–Kier alpha value is -3.65. The zero-order valence-electron chi connectivity index (χ0n) is 15.8. The van der Waals surface area contributed by atoms with Gasteiger partial charge in [0.1, 0.15) is 11.6 Å². The second-order valence-corrected chi connectivity index (χ2v) is 6.67. The highest BCUT2D eigenvalue weighted by Crippen LogP contribution is 2.31. The van der Waals surface area contributed by atoms with Crippen LogP contribution in [0.3, 0.4) is 0 Å². The molecular formula is C21H22N6O2. The molecule has 0 bridgehead atoms. The van der Waals surface area contributed by atoms with Crippen LogP contribution < -0.4 is 16.0 Å². The van der Waals surface area contributed by atoms with Crippen molar-refractivity contribution in [1.82, 2.24) is 9.97 Å². The topological polar surface area (TPSA) is 120 Å². The second kappa shape index (κ2) is 8.15. The van der Waals surface area contributed by atoms with E-state index in [-0.39, 0.29) is 5.75 Å². The molecule has 29 heavy (non-hydrogen) atoms. The van der Waals surface area contributed by atoms with Gasteiger partial charge in [-0.2, -0.15) is 4.98 Å². The van der Waals surface area contributed by atoms with E-state index in [1.807, 2.05) is 18.2 Å². The molecule has 0 atom stereocenters. The van der Waals surface area contributed by atoms with Crippen molar-refractivity contribution < 1.29 is 9.84 Å². The average molecular weight is 390 g/mol. The van der Waals surface area contributed by atoms with E-state index in [9.17, 15) is 5.11 Å². The van der Waals surface area contributed by atoms with E-state index in [1.54, 1.807) is 30.3 Å². The maximum absolute atomic E-state index is 10.3. The van der Waals surface area contributed by atoms with E-state index in [0.717, 1.165) is 5.69 Å². The number of para-hydroxylation sites is 1. The van der Waals surface area contributed by atoms with Crippen LogP contribution in [0.2, 0.25) is 0 Å². The first-order valence-corrected chi connectivity index (χ1v) is 9.31. The summed E-state index contributed by atoms with van der Waals surface area (Å²) in [4.78, 5) is 11.4. The molecule has 1 aromatic heterocycles. The van der Waals surface area contributed by atoms with Gasteiger partial charge in [-0.3, -0.25) is 0 Å². The average Bonchev–Trinajstić information content (AvgIpc) is 2.76. The van der Waals surface area contributed by atoms with Crippen molar-refractivity contribution in [2.24, 2.45) is 0 Å². The molecule has 8 nitrogen and oxygen atoms in total. The molecular weight excluding hydrogens is 368 g/mol. The normalized spacial score (nSPS) is 13.9. The maximum Gasteiger partial charge on any atom is 0.228 e. The van der Waals surface area contributed by atoms with E-state index in [4.69, 9.17) is 15.9 Å². The molecule has 148 valence electrons. The molecule has 0 saturated carbocycles. The highest BCUT2D eigenvalue weighted by atomic mass is 16.5. The second-order valence-electron chi connectivity index (χ2n) is 6.67. The Morgan fingerprint density at radius 3 is 2.66 bits per heavy atom. The number of ether oxygens (including phenoxy) is 1. The highest BCUT2D eigenvalue weighted by molar-refractivity contribution is 5.87. The summed E-state index contributed by atoms with van der Waals surface area (Å²) in [5.74, 6) is 1.31. The van der Waals surface area contributed by atoms with Gasteiger partial charge in [0.2, 0.25) is 5.95 Å². The van der Waals surface area contributed by atoms with Crippen LogP contribution in [0.5, 0.6) is 5.75 Å². The molecule has 2 aromatic carbocycles. The molecule has 0 aliphatic carbocycles. The number of nitrogens with one attached hydrogen (secondary N) is 2. The highest BCUT2D eigenvalue weighted by Gasteiger charge is 2.17. The zero-order chi connectivity index (χ0) is 20.2. The van der Waals surface area contributed by atoms with Crippen molar-refractivity contribution in [3.05, 3.63) is 54.1 Å². The van der Waals surface area contributed by atoms with Crippen LogP contribution in [0.4, 0.5) is 23.1 Å². The number of phenolic OH excluding ortho intramolecular Hbond substituents is 1. The monoisotopic (exact) mass is 390 g/mol. The summed E-state index contributed by atoms with van der Waals surface area (Å²) >= 11 is 0. The number of aromatic nitrogens is 2. The SMILES string of the molecule is N=Cc1cc(Nc2cc(-c3ccccc3O)nc(N3CCOCC3)n2)ccc1N. The Bertz CT molecular complexity index is 1030. The summed E-state index contributed by atoms with van der Waals surface area (Å²) in [5, 5.41) is 21.1. The molecule has 1 aliphatic rings. The molecule has 0 spiro atoms. The van der Waals surface area contributed by atoms with Gasteiger partial charge in [-0.1, -0.05) is 12.1 Å². The predicted octanol–water partition coefficient (Wildman–Crippen LogP) is 3.01. The smallest absolute Gasteiger partial charge is 0.228 e. The first-order chi connectivity index (χ1) is 14.1. The lowest BCUT2D eigenvalue weighted by molar-refractivity contribution is 0.122. The van der Waals surface area contributed by atoms with Crippen molar-refractivity contribution in [3.63, 3.8) is 0 Å². The van der Waals surface area contributed by atoms with Gasteiger partial charge < -0.3 is 31.2 Å². The van der Waals surface area contributed by atoms with E-state index in [0.29, 0.717) is 60.6 Å². The minimum atomic E-state index is 0.156. The molecule has 3 aromatic rings. The number of hydrogen-bond donors (Lipinski definition) is 4. The summed E-state index contributed by atoms with van der Waals surface area (Å²) in [5.41, 5.74) is 9.05. The fourth-order valence-electron chi connectivity index (χ4n) is 3.16. The Kier molecular flexibility index (Phi) is 5.26. The van der Waals surface area contributed by atoms with E-state index < -0.39 is 0 Å². The molecule has 5 N–H and O–H groups in total. The number of rotatable bonds is 5. The lowest BCUT2D eigenvalue weighted by Crippen LogP contribution is -2.37. The number of hydrogen-bond acceptors (Lipinski definition) is 8. The van der Waals surface area contributed by atoms with Gasteiger partial charge in [-0.05, 0) is 30.3 Å². The van der Waals surface area contributed by atoms with Crippen LogP contribution in [0.25, 0.3) is 11.3 Å². The Morgan fingerprint density at radius 1 is 1.10 bits per heavy atom. The molecule has 0 unspecified atom stereocenters. The van der Waals surface area contributed by atoms with Crippen LogP contribution in [-0.2, 0) is 4.74 Å². The fourth-order valence-corrected chi connectivity index (χ4v) is 3.16. The number of phenols is 1. The maximum atomic E-state index is 10.3. The largest absolute Gasteiger partial charge is 0.507 e. The Labute approximate surface area is 168 Å². The van der Waals surface area contributed by atoms with Crippen LogP contribution in [0, 0.1) is 5.41 Å². The molecule has 1 aliphatic heterocycles. The lowest BCUT2D eigenvalue weighted by Gasteiger charge is -2.27.